The molecule has 0 unspecified atom stereocenters. The van der Waals surface area contributed by atoms with Crippen LogP contribution in [0, 0.1) is 0 Å². The van der Waals surface area contributed by atoms with Gasteiger partial charge in [-0.15, -0.1) is 0 Å². The molecule has 0 bridgehead atoms. The highest BCUT2D eigenvalue weighted by Crippen LogP contribution is 2.39. The maximum Gasteiger partial charge on any atom is 0.294 e. The van der Waals surface area contributed by atoms with Crippen molar-refractivity contribution in [1.82, 2.24) is 4.90 Å². The van der Waals surface area contributed by atoms with Crippen LogP contribution in [0.2, 0.25) is 5.02 Å². The standard InChI is InChI=1S/C20H17ClN2O5S/c1-27-15-8-13(9-16-19(25)23(10-17(22)24)20(26)29-16)7-14(21)18(15)28-11-12-5-3-2-4-6-12/h2-9H,10-11H2,1H3,(H2,22,24)/b16-9-. The molecule has 29 heavy (non-hydrogen) atoms. The van der Waals surface area contributed by atoms with Crippen molar-refractivity contribution in [1.29, 1.82) is 0 Å². The van der Waals surface area contributed by atoms with Crippen LogP contribution in [0.25, 0.3) is 6.08 Å². The molecule has 9 heteroatoms. The van der Waals surface area contributed by atoms with Gasteiger partial charge >= 0.3 is 0 Å². The number of hydrogen-bond donors (Lipinski definition) is 1. The summed E-state index contributed by atoms with van der Waals surface area (Å²) in [4.78, 5) is 36.3. The number of imide groups is 1. The summed E-state index contributed by atoms with van der Waals surface area (Å²) in [5.74, 6) is -0.593. The molecule has 2 aromatic carbocycles. The van der Waals surface area contributed by atoms with Gasteiger partial charge in [-0.2, -0.15) is 0 Å². The Hall–Kier alpha value is -2.97. The molecule has 0 aromatic heterocycles. The first-order chi connectivity index (χ1) is 13.9. The van der Waals surface area contributed by atoms with Crippen molar-refractivity contribution in [3.63, 3.8) is 0 Å². The van der Waals surface area contributed by atoms with Crippen molar-refractivity contribution >= 4 is 46.5 Å². The van der Waals surface area contributed by atoms with Crippen molar-refractivity contribution in [2.75, 3.05) is 13.7 Å². The second-order valence-corrected chi connectivity index (χ2v) is 7.44. The average molecular weight is 433 g/mol. The molecule has 2 N–H and O–H groups in total. The minimum atomic E-state index is -0.766. The number of rotatable bonds is 7. The highest BCUT2D eigenvalue weighted by atomic mass is 35.5. The zero-order valence-electron chi connectivity index (χ0n) is 15.4. The molecule has 1 fully saturated rings. The number of thioether (sulfide) groups is 1. The lowest BCUT2D eigenvalue weighted by Crippen LogP contribution is -2.36. The monoisotopic (exact) mass is 432 g/mol. The number of nitrogens with zero attached hydrogens (tertiary/aromatic N) is 1. The summed E-state index contributed by atoms with van der Waals surface area (Å²) in [6, 6.07) is 12.8. The second kappa shape index (κ2) is 9.02. The first kappa shape index (κ1) is 20.8. The van der Waals surface area contributed by atoms with Gasteiger partial charge < -0.3 is 15.2 Å². The lowest BCUT2D eigenvalue weighted by molar-refractivity contribution is -0.127. The number of carbonyl (C=O) groups excluding carboxylic acids is 3. The van der Waals surface area contributed by atoms with E-state index in [9.17, 15) is 14.4 Å². The van der Waals surface area contributed by atoms with Crippen molar-refractivity contribution in [3.05, 3.63) is 63.5 Å². The molecule has 0 saturated carbocycles. The Bertz CT molecular complexity index is 994. The fourth-order valence-corrected chi connectivity index (χ4v) is 3.75. The van der Waals surface area contributed by atoms with Crippen LogP contribution in [-0.2, 0) is 16.2 Å². The number of nitrogens with two attached hydrogens (primary N) is 1. The summed E-state index contributed by atoms with van der Waals surface area (Å²) in [7, 11) is 1.48. The molecule has 1 aliphatic rings. The van der Waals surface area contributed by atoms with Crippen molar-refractivity contribution in [3.8, 4) is 11.5 Å². The van der Waals surface area contributed by atoms with Gasteiger partial charge in [0.05, 0.1) is 17.0 Å². The number of amides is 3. The second-order valence-electron chi connectivity index (χ2n) is 6.04. The zero-order valence-corrected chi connectivity index (χ0v) is 17.0. The van der Waals surface area contributed by atoms with Gasteiger partial charge in [0.25, 0.3) is 11.1 Å². The van der Waals surface area contributed by atoms with E-state index in [1.165, 1.54) is 13.2 Å². The first-order valence-electron chi connectivity index (χ1n) is 8.47. The zero-order chi connectivity index (χ0) is 21.0. The summed E-state index contributed by atoms with van der Waals surface area (Å²) in [6.07, 6.45) is 1.50. The van der Waals surface area contributed by atoms with E-state index in [-0.39, 0.29) is 4.91 Å². The van der Waals surface area contributed by atoms with Gasteiger partial charge in [-0.3, -0.25) is 19.3 Å². The molecule has 1 heterocycles. The van der Waals surface area contributed by atoms with Gasteiger partial charge in [0.1, 0.15) is 13.2 Å². The lowest BCUT2D eigenvalue weighted by Gasteiger charge is -2.13. The van der Waals surface area contributed by atoms with Crippen LogP contribution in [0.1, 0.15) is 11.1 Å². The van der Waals surface area contributed by atoms with Gasteiger partial charge in [-0.25, -0.2) is 0 Å². The average Bonchev–Trinajstić information content (AvgIpc) is 2.94. The first-order valence-corrected chi connectivity index (χ1v) is 9.66. The molecule has 0 spiro atoms. The fraction of sp³-hybridized carbons (Fsp3) is 0.150. The van der Waals surface area contributed by atoms with E-state index >= 15 is 0 Å². The Morgan fingerprint density at radius 1 is 1.24 bits per heavy atom. The number of carbonyl (C=O) groups is 3. The third-order valence-electron chi connectivity index (χ3n) is 3.96. The molecule has 0 radical (unpaired) electrons. The Morgan fingerprint density at radius 2 is 1.97 bits per heavy atom. The predicted octanol–water partition coefficient (Wildman–Crippen LogP) is 3.45. The van der Waals surface area contributed by atoms with E-state index in [0.29, 0.717) is 28.7 Å². The van der Waals surface area contributed by atoms with E-state index in [4.69, 9.17) is 26.8 Å². The molecule has 0 aliphatic carbocycles. The molecule has 150 valence electrons. The quantitative estimate of drug-likeness (QED) is 0.673. The maximum absolute atomic E-state index is 12.3. The third-order valence-corrected chi connectivity index (χ3v) is 5.15. The molecule has 3 rings (SSSR count). The predicted molar refractivity (Wildman–Crippen MR) is 111 cm³/mol. The Balaban J connectivity index is 1.83. The minimum Gasteiger partial charge on any atom is -0.493 e. The van der Waals surface area contributed by atoms with Crippen LogP contribution < -0.4 is 15.2 Å². The number of methoxy groups -OCH3 is 1. The third kappa shape index (κ3) is 4.90. The van der Waals surface area contributed by atoms with Crippen molar-refractivity contribution < 1.29 is 23.9 Å². The van der Waals surface area contributed by atoms with E-state index in [1.54, 1.807) is 12.1 Å². The number of benzene rings is 2. The van der Waals surface area contributed by atoms with Gasteiger partial charge in [0.2, 0.25) is 5.91 Å². The van der Waals surface area contributed by atoms with Crippen molar-refractivity contribution in [2.45, 2.75) is 6.61 Å². The van der Waals surface area contributed by atoms with Gasteiger partial charge in [-0.1, -0.05) is 41.9 Å². The normalized spacial score (nSPS) is 15.1. The molecule has 7 nitrogen and oxygen atoms in total. The van der Waals surface area contributed by atoms with Crippen LogP contribution in [0.4, 0.5) is 4.79 Å². The van der Waals surface area contributed by atoms with Crippen molar-refractivity contribution in [2.24, 2.45) is 5.73 Å². The molecular formula is C20H17ClN2O5S. The Morgan fingerprint density at radius 3 is 2.62 bits per heavy atom. The molecule has 1 saturated heterocycles. The van der Waals surface area contributed by atoms with Crippen LogP contribution in [0.3, 0.4) is 0 Å². The van der Waals surface area contributed by atoms with E-state index in [0.717, 1.165) is 22.2 Å². The van der Waals surface area contributed by atoms with Crippen LogP contribution in [0.5, 0.6) is 11.5 Å². The topological polar surface area (TPSA) is 98.9 Å². The van der Waals surface area contributed by atoms with Gasteiger partial charge in [-0.05, 0) is 41.1 Å². The summed E-state index contributed by atoms with van der Waals surface area (Å²) in [5.41, 5.74) is 6.59. The minimum absolute atomic E-state index is 0.160. The highest BCUT2D eigenvalue weighted by molar-refractivity contribution is 8.18. The molecule has 2 aromatic rings. The molecule has 3 amide bonds. The van der Waals surface area contributed by atoms with Crippen LogP contribution >= 0.6 is 23.4 Å². The summed E-state index contributed by atoms with van der Waals surface area (Å²) < 4.78 is 11.2. The van der Waals surface area contributed by atoms with E-state index in [1.807, 2.05) is 30.3 Å². The van der Waals surface area contributed by atoms with Crippen LogP contribution in [-0.4, -0.2) is 35.6 Å². The summed E-state index contributed by atoms with van der Waals surface area (Å²) in [6.45, 7) is -0.152. The Labute approximate surface area is 176 Å². The fourth-order valence-electron chi connectivity index (χ4n) is 2.64. The largest absolute Gasteiger partial charge is 0.493 e. The van der Waals surface area contributed by atoms with E-state index < -0.39 is 23.6 Å². The molecule has 0 atom stereocenters. The summed E-state index contributed by atoms with van der Waals surface area (Å²) in [5, 5.41) is -0.260. The number of hydrogen-bond acceptors (Lipinski definition) is 6. The Kier molecular flexibility index (Phi) is 6.46. The number of primary amides is 1. The molecule has 1 aliphatic heterocycles. The van der Waals surface area contributed by atoms with Gasteiger partial charge in [0.15, 0.2) is 11.5 Å². The van der Waals surface area contributed by atoms with E-state index in [2.05, 4.69) is 0 Å². The number of halogens is 1. The molecular weight excluding hydrogens is 416 g/mol. The lowest BCUT2D eigenvalue weighted by atomic mass is 10.1. The smallest absolute Gasteiger partial charge is 0.294 e. The SMILES string of the molecule is COc1cc(/C=C2\SC(=O)N(CC(N)=O)C2=O)cc(Cl)c1OCc1ccccc1. The number of ether oxygens (including phenoxy) is 2. The van der Waals surface area contributed by atoms with Crippen LogP contribution in [0.15, 0.2) is 47.4 Å². The maximum atomic E-state index is 12.3. The highest BCUT2D eigenvalue weighted by Gasteiger charge is 2.35. The van der Waals surface area contributed by atoms with Gasteiger partial charge in [0, 0.05) is 0 Å². The summed E-state index contributed by atoms with van der Waals surface area (Å²) >= 11 is 7.09.